The number of likely N-dealkylation sites (N-methyl/N-ethyl adjacent to an activating group) is 1. The maximum Gasteiger partial charge on any atom is 0.264 e. The summed E-state index contributed by atoms with van der Waals surface area (Å²) in [4.78, 5) is 33.5. The minimum atomic E-state index is -3.84. The molecule has 2 aromatic carbocycles. The van der Waals surface area contributed by atoms with Gasteiger partial charge in [-0.25, -0.2) is 13.1 Å². The molecule has 2 aromatic heterocycles. The van der Waals surface area contributed by atoms with Gasteiger partial charge in [-0.3, -0.25) is 19.2 Å². The Morgan fingerprint density at radius 2 is 1.63 bits per heavy atom. The zero-order valence-corrected chi connectivity index (χ0v) is 35.3. The predicted octanol–water partition coefficient (Wildman–Crippen LogP) is 7.93. The van der Waals surface area contributed by atoms with E-state index in [2.05, 4.69) is 58.2 Å². The van der Waals surface area contributed by atoms with E-state index in [4.69, 9.17) is 9.84 Å². The largest absolute Gasteiger partial charge is 0.497 e. The van der Waals surface area contributed by atoms with Crippen molar-refractivity contribution in [3.63, 3.8) is 0 Å². The molecule has 3 saturated carbocycles. The van der Waals surface area contributed by atoms with Gasteiger partial charge in [0.25, 0.3) is 11.8 Å². The van der Waals surface area contributed by atoms with Crippen LogP contribution in [0.25, 0.3) is 33.8 Å². The molecule has 9 rings (SSSR count). The van der Waals surface area contributed by atoms with E-state index in [1.54, 1.807) is 27.0 Å². The van der Waals surface area contributed by atoms with Gasteiger partial charge >= 0.3 is 0 Å². The van der Waals surface area contributed by atoms with Crippen LogP contribution in [-0.2, 0) is 16.6 Å². The first-order valence-electron chi connectivity index (χ1n) is 20.9. The number of ether oxygens (including phenoxy) is 1. The van der Waals surface area contributed by atoms with Crippen molar-refractivity contribution in [2.45, 2.75) is 127 Å². The van der Waals surface area contributed by atoms with Crippen molar-refractivity contribution in [2.24, 2.45) is 0 Å². The van der Waals surface area contributed by atoms with Gasteiger partial charge in [0.2, 0.25) is 10.0 Å². The highest BCUT2D eigenvalue weighted by Gasteiger charge is 2.63. The van der Waals surface area contributed by atoms with Crippen molar-refractivity contribution in [3.8, 4) is 17.0 Å². The second-order valence-corrected chi connectivity index (χ2v) is 20.3. The molecule has 2 amide bonds. The lowest BCUT2D eigenvalue weighted by atomic mass is 9.81. The van der Waals surface area contributed by atoms with Gasteiger partial charge in [0.15, 0.2) is 0 Å². The standard InChI is InChI=1S/C45H56N6O5S/c1-27(2)51-29(5)38(43(53)49-25-44(17-18-44)48(6)45(26-49)19-20-45)40(46-51)33-21-32-22-34(56-7)14-16-35(32)41-39(30-11-9-8-10-12-30)36-15-13-31(23-37(36)50(41)24-33)42(52)47-57(54,55)28(3)4/h13-16,21-23,27-28,30H,8-12,17-20,24-26H2,1-7H3,(H,47,52). The average Bonchev–Trinajstić information content (AvgIpc) is 4.10. The van der Waals surface area contributed by atoms with Crippen molar-refractivity contribution in [2.75, 3.05) is 27.2 Å². The number of nitrogens with zero attached hydrogens (tertiary/aromatic N) is 5. The third kappa shape index (κ3) is 6.24. The first kappa shape index (κ1) is 38.1. The summed E-state index contributed by atoms with van der Waals surface area (Å²) in [6, 6.07) is 11.8. The van der Waals surface area contributed by atoms with E-state index in [9.17, 15) is 13.2 Å². The summed E-state index contributed by atoms with van der Waals surface area (Å²) in [5.74, 6) is 0.446. The molecule has 12 heteroatoms. The molecule has 1 N–H and O–H groups in total. The number of amides is 2. The van der Waals surface area contributed by atoms with Gasteiger partial charge in [0, 0.05) is 63.5 Å². The van der Waals surface area contributed by atoms with Crippen molar-refractivity contribution < 1.29 is 22.7 Å². The summed E-state index contributed by atoms with van der Waals surface area (Å²) >= 11 is 0. The van der Waals surface area contributed by atoms with Crippen LogP contribution in [0.4, 0.5) is 0 Å². The van der Waals surface area contributed by atoms with Gasteiger partial charge < -0.3 is 14.2 Å². The summed E-state index contributed by atoms with van der Waals surface area (Å²) in [7, 11) is 0.0970. The molecule has 3 aliphatic carbocycles. The number of rotatable bonds is 8. The van der Waals surface area contributed by atoms with Crippen LogP contribution in [0.1, 0.15) is 141 Å². The Morgan fingerprint density at radius 1 is 0.947 bits per heavy atom. The fraction of sp³-hybridized carbons (Fsp3) is 0.533. The number of methoxy groups -OCH3 is 1. The van der Waals surface area contributed by atoms with Crippen LogP contribution in [0.2, 0.25) is 0 Å². The van der Waals surface area contributed by atoms with Crippen LogP contribution in [0.15, 0.2) is 36.4 Å². The highest BCUT2D eigenvalue weighted by molar-refractivity contribution is 7.90. The Labute approximate surface area is 336 Å². The number of hydrogen-bond acceptors (Lipinski definition) is 7. The quantitative estimate of drug-likeness (QED) is 0.193. The Morgan fingerprint density at radius 3 is 2.25 bits per heavy atom. The lowest BCUT2D eigenvalue weighted by Gasteiger charge is -2.46. The number of sulfonamides is 1. The molecule has 0 unspecified atom stereocenters. The lowest BCUT2D eigenvalue weighted by Crippen LogP contribution is -2.61. The molecule has 1 saturated heterocycles. The second-order valence-electron chi connectivity index (χ2n) is 18.1. The molecule has 302 valence electrons. The van der Waals surface area contributed by atoms with Crippen molar-refractivity contribution in [1.82, 2.24) is 28.9 Å². The third-order valence-corrected chi connectivity index (χ3v) is 15.6. The molecule has 0 radical (unpaired) electrons. The number of hydrogen-bond donors (Lipinski definition) is 1. The lowest BCUT2D eigenvalue weighted by molar-refractivity contribution is 0.0148. The molecule has 11 nitrogen and oxygen atoms in total. The van der Waals surface area contributed by atoms with Crippen LogP contribution in [-0.4, -0.2) is 88.0 Å². The zero-order chi connectivity index (χ0) is 40.2. The third-order valence-electron chi connectivity index (χ3n) is 13.9. The van der Waals surface area contributed by atoms with Gasteiger partial charge in [-0.05, 0) is 134 Å². The minimum Gasteiger partial charge on any atom is -0.497 e. The van der Waals surface area contributed by atoms with Crippen molar-refractivity contribution in [3.05, 3.63) is 70.0 Å². The fourth-order valence-electron chi connectivity index (χ4n) is 10.2. The van der Waals surface area contributed by atoms with Gasteiger partial charge in [-0.1, -0.05) is 25.3 Å². The smallest absolute Gasteiger partial charge is 0.264 e. The van der Waals surface area contributed by atoms with E-state index in [1.807, 2.05) is 29.8 Å². The highest BCUT2D eigenvalue weighted by atomic mass is 32.2. The molecule has 4 heterocycles. The number of carbonyl (C=O) groups excluding carboxylic acids is 2. The zero-order valence-electron chi connectivity index (χ0n) is 34.4. The molecule has 2 aliphatic heterocycles. The number of benzene rings is 2. The number of allylic oxidation sites excluding steroid dienone is 1. The number of piperazine rings is 1. The van der Waals surface area contributed by atoms with Gasteiger partial charge in [0.1, 0.15) is 11.4 Å². The minimum absolute atomic E-state index is 0.0326. The Hall–Kier alpha value is -4.42. The summed E-state index contributed by atoms with van der Waals surface area (Å²) in [6.07, 6.45) is 12.3. The Kier molecular flexibility index (Phi) is 9.08. The van der Waals surface area contributed by atoms with E-state index in [1.165, 1.54) is 12.0 Å². The highest BCUT2D eigenvalue weighted by Crippen LogP contribution is 2.56. The van der Waals surface area contributed by atoms with Crippen LogP contribution in [0.5, 0.6) is 5.75 Å². The maximum atomic E-state index is 15.1. The first-order chi connectivity index (χ1) is 27.2. The molecule has 57 heavy (non-hydrogen) atoms. The van der Waals surface area contributed by atoms with Gasteiger partial charge in [0.05, 0.1) is 30.2 Å². The predicted molar refractivity (Wildman–Crippen MR) is 224 cm³/mol. The number of aromatic nitrogens is 3. The molecular weight excluding hydrogens is 737 g/mol. The van der Waals surface area contributed by atoms with Gasteiger partial charge in [-0.2, -0.15) is 5.10 Å². The summed E-state index contributed by atoms with van der Waals surface area (Å²) < 4.78 is 38.0. The molecule has 4 aromatic rings. The van der Waals surface area contributed by atoms with Crippen LogP contribution in [0, 0.1) is 6.92 Å². The van der Waals surface area contributed by atoms with Crippen LogP contribution in [0.3, 0.4) is 0 Å². The summed E-state index contributed by atoms with van der Waals surface area (Å²) in [5, 5.41) is 5.60. The maximum absolute atomic E-state index is 15.1. The normalized spacial score (nSPS) is 20.2. The average molecular weight is 793 g/mol. The number of fused-ring (bicyclic) bond motifs is 5. The second kappa shape index (κ2) is 13.6. The van der Waals surface area contributed by atoms with Gasteiger partial charge in [-0.15, -0.1) is 0 Å². The van der Waals surface area contributed by atoms with E-state index < -0.39 is 21.2 Å². The topological polar surface area (TPSA) is 119 Å². The van der Waals surface area contributed by atoms with E-state index in [0.29, 0.717) is 23.7 Å². The molecule has 2 spiro atoms. The van der Waals surface area contributed by atoms with E-state index >= 15 is 4.79 Å². The Bertz CT molecular complexity index is 2440. The number of carbonyl (C=O) groups is 2. The molecule has 0 atom stereocenters. The molecular formula is C45H56N6O5S. The molecule has 0 bridgehead atoms. The van der Waals surface area contributed by atoms with Crippen LogP contribution < -0.4 is 9.46 Å². The van der Waals surface area contributed by atoms with Crippen molar-refractivity contribution in [1.29, 1.82) is 0 Å². The fourth-order valence-corrected chi connectivity index (χ4v) is 10.8. The van der Waals surface area contributed by atoms with Crippen molar-refractivity contribution >= 4 is 44.4 Å². The van der Waals surface area contributed by atoms with Crippen LogP contribution >= 0.6 is 0 Å². The monoisotopic (exact) mass is 792 g/mol. The summed E-state index contributed by atoms with van der Waals surface area (Å²) in [6.45, 7) is 11.2. The number of nitrogens with one attached hydrogen (secondary N) is 1. The van der Waals surface area contributed by atoms with E-state index in [-0.39, 0.29) is 28.6 Å². The Balaban J connectivity index is 1.24. The SMILES string of the molecule is COc1ccc2c(c1)C=C(c1nn(C(C)C)c(C)c1C(=O)N1CC3(CC3)N(C)C3(CC3)C1)Cn1c-2c(C2CCCCC2)c2ccc(C(=O)NS(=O)(=O)C(C)C)cc21. The molecule has 4 fully saturated rings. The summed E-state index contributed by atoms with van der Waals surface area (Å²) in [5.41, 5.74) is 8.74. The first-order valence-corrected chi connectivity index (χ1v) is 22.5. The molecule has 5 aliphatic rings. The van der Waals surface area contributed by atoms with E-state index in [0.717, 1.165) is 109 Å².